The normalized spacial score (nSPS) is 24.0. The van der Waals surface area contributed by atoms with Crippen molar-refractivity contribution in [1.29, 1.82) is 10.5 Å². The molecule has 0 radical (unpaired) electrons. The molecule has 9 fully saturated rings. The number of nitrogens with two attached hydrogens (primary N) is 1. The minimum absolute atomic E-state index is 0.0207. The first-order valence-corrected chi connectivity index (χ1v) is 42.4. The van der Waals surface area contributed by atoms with Gasteiger partial charge in [0, 0.05) is 88.4 Å². The van der Waals surface area contributed by atoms with Gasteiger partial charge in [-0.25, -0.2) is 38.6 Å². The maximum Gasteiger partial charge on any atom is 0.422 e. The lowest BCUT2D eigenvalue weighted by Crippen LogP contribution is -2.73. The molecule has 598 valence electrons. The molecule has 6 aliphatic heterocycles. The van der Waals surface area contributed by atoms with Gasteiger partial charge in [0.2, 0.25) is 0 Å². The van der Waals surface area contributed by atoms with Gasteiger partial charge in [0.05, 0.1) is 42.6 Å². The van der Waals surface area contributed by atoms with Crippen molar-refractivity contribution in [1.82, 2.24) is 47.3 Å². The van der Waals surface area contributed by atoms with Crippen LogP contribution in [0, 0.1) is 41.1 Å². The molecule has 4 amide bonds. The molecule has 6 heterocycles. The highest BCUT2D eigenvalue weighted by atomic mass is 32.2. The van der Waals surface area contributed by atoms with E-state index < -0.39 is 70.8 Å². The highest BCUT2D eigenvalue weighted by Crippen LogP contribution is 2.53. The average molecular weight is 1570 g/mol. The topological polar surface area (TPSA) is 344 Å². The average Bonchev–Trinajstić information content (AvgIpc) is 1.63. The summed E-state index contributed by atoms with van der Waals surface area (Å²) in [5, 5.41) is 27.4. The Morgan fingerprint density at radius 3 is 1.29 bits per heavy atom. The van der Waals surface area contributed by atoms with E-state index in [1.165, 1.54) is 44.3 Å². The molecule has 31 heteroatoms. The zero-order valence-corrected chi connectivity index (χ0v) is 67.8. The number of piperidine rings is 3. The SMILES string of the molecule is CC(C)(C)OC(=O)N(C1CCNCC1)[C@@H]1CC1c1ccccc1.CC(C)(C)OC(=O)NS(=O)(=O)N1CC(CC#N)(N2CCC(N(C(=O)OC(C)(C)C)[C@@H]3CC3c3ccccc3)CC2)C1.N#CCC1(N2CCC(C[C@@H]3CC3c3ccccc3)CC2)CN(S(N)(=O)=O)C1.[C-]#[N+]C=C1CN(S(=O)(=O)NC(=O)OC(C)(C)C)C1. The fourth-order valence-electron chi connectivity index (χ4n) is 15.6. The quantitative estimate of drug-likeness (QED) is 0.0679. The molecule has 3 saturated carbocycles. The van der Waals surface area contributed by atoms with Crippen LogP contribution in [0.2, 0.25) is 0 Å². The van der Waals surface area contributed by atoms with Gasteiger partial charge in [-0.1, -0.05) is 91.0 Å². The number of carbonyl (C=O) groups excluding carboxylic acids is 4. The summed E-state index contributed by atoms with van der Waals surface area (Å²) < 4.78 is 101. The number of rotatable bonds is 18. The van der Waals surface area contributed by atoms with E-state index in [9.17, 15) is 55.0 Å². The lowest BCUT2D eigenvalue weighted by atomic mass is 9.82. The summed E-state index contributed by atoms with van der Waals surface area (Å²) in [7, 11) is -11.6. The number of hydrogen-bond acceptors (Lipinski definition) is 19. The zero-order valence-electron chi connectivity index (χ0n) is 65.4. The van der Waals surface area contributed by atoms with Crippen molar-refractivity contribution in [2.45, 2.75) is 236 Å². The standard InChI is InChI=1S/C29H43N5O6S.C20H28N4O2S.C19H28N2O2.C10H15N3O4S/c1-27(2,3)39-25(35)31-41(37,38)33-19-29(20-33,14-15-30)32-16-12-22(13-17-32)34(26(36)40-28(4,5)6)24-18-23(24)21-10-8-7-9-11-21;21-9-8-20(14-24(15-20)27(22,25)26)23-10-6-16(7-11-23)12-18-13-19(18)17-4-2-1-3-5-17;1-19(2,3)23-18(22)21(15-9-11-20-12-10-15)17-13-16(17)14-7-5-4-6-8-14;1-10(2,3)17-9(14)12-18(15,16)13-6-8(7-13)5-11-4/h7-11,22-24H,12-14,16-20H2,1-6H3,(H,31,35);1-5,16,18-19H,6-8,10-15H2,(H2,22,25,26);4-8,15-17,20H,9-13H2,1-3H3;5H,6-7H2,1-3H3,(H,12,14)/t23?,24-;18-,19?;16?,17-;/m111./s1. The van der Waals surface area contributed by atoms with Crippen molar-refractivity contribution in [2.24, 2.45) is 17.0 Å². The number of nitriles is 2. The van der Waals surface area contributed by atoms with Gasteiger partial charge < -0.3 is 34.1 Å². The number of benzene rings is 3. The minimum atomic E-state index is -4.11. The lowest BCUT2D eigenvalue weighted by molar-refractivity contribution is -0.0416. The molecule has 3 aromatic rings. The third-order valence-corrected chi connectivity index (χ3v) is 24.9. The van der Waals surface area contributed by atoms with Gasteiger partial charge in [-0.3, -0.25) is 9.80 Å². The number of amides is 4. The van der Waals surface area contributed by atoms with E-state index in [-0.39, 0.29) is 74.4 Å². The second-order valence-corrected chi connectivity index (χ2v) is 39.3. The van der Waals surface area contributed by atoms with E-state index in [0.29, 0.717) is 63.0 Å². The first-order valence-electron chi connectivity index (χ1n) is 38.0. The lowest BCUT2D eigenvalue weighted by Gasteiger charge is -2.56. The van der Waals surface area contributed by atoms with Gasteiger partial charge >= 0.3 is 44.8 Å². The van der Waals surface area contributed by atoms with Crippen LogP contribution in [0.5, 0.6) is 0 Å². The van der Waals surface area contributed by atoms with Crippen molar-refractivity contribution in [3.8, 4) is 12.1 Å². The smallest absolute Gasteiger partial charge is 0.422 e. The van der Waals surface area contributed by atoms with Crippen LogP contribution in [0.15, 0.2) is 103 Å². The van der Waals surface area contributed by atoms with Crippen molar-refractivity contribution >= 4 is 55.0 Å². The van der Waals surface area contributed by atoms with Crippen LogP contribution in [0.4, 0.5) is 19.2 Å². The summed E-state index contributed by atoms with van der Waals surface area (Å²) in [5.41, 5.74) is 1.10. The van der Waals surface area contributed by atoms with Crippen molar-refractivity contribution in [2.75, 3.05) is 78.5 Å². The maximum atomic E-state index is 13.4. The molecule has 6 saturated heterocycles. The van der Waals surface area contributed by atoms with Crippen LogP contribution in [0.1, 0.15) is 195 Å². The highest BCUT2D eigenvalue weighted by molar-refractivity contribution is 7.88. The van der Waals surface area contributed by atoms with Gasteiger partial charge in [-0.2, -0.15) is 48.7 Å². The number of nitrogens with zero attached hydrogens (tertiary/aromatic N) is 10. The molecular weight excluding hydrogens is 1450 g/mol. The third-order valence-electron chi connectivity index (χ3n) is 21.2. The van der Waals surface area contributed by atoms with Crippen LogP contribution >= 0.6 is 0 Å². The van der Waals surface area contributed by atoms with Gasteiger partial charge in [0.25, 0.3) is 10.2 Å². The van der Waals surface area contributed by atoms with Crippen molar-refractivity contribution in [3.05, 3.63) is 131 Å². The summed E-state index contributed by atoms with van der Waals surface area (Å²) >= 11 is 0. The van der Waals surface area contributed by atoms with Crippen molar-refractivity contribution < 1.29 is 63.4 Å². The zero-order chi connectivity index (χ0) is 79.7. The Bertz CT molecular complexity index is 4130. The van der Waals surface area contributed by atoms with E-state index in [2.05, 4.69) is 98.8 Å². The first-order chi connectivity index (χ1) is 51.0. The summed E-state index contributed by atoms with van der Waals surface area (Å²) in [6.45, 7) is 34.1. The van der Waals surface area contributed by atoms with E-state index in [4.69, 9.17) is 30.7 Å². The Kier molecular flexibility index (Phi) is 27.5. The van der Waals surface area contributed by atoms with Crippen molar-refractivity contribution in [3.63, 3.8) is 0 Å². The summed E-state index contributed by atoms with van der Waals surface area (Å²) in [4.78, 5) is 61.1. The second kappa shape index (κ2) is 35.1. The largest absolute Gasteiger partial charge is 0.444 e. The fourth-order valence-corrected chi connectivity index (χ4v) is 18.7. The molecule has 5 N–H and O–H groups in total. The molecule has 12 rings (SSSR count). The Balaban J connectivity index is 0.000000176. The molecule has 6 atom stereocenters. The van der Waals surface area contributed by atoms with E-state index in [0.717, 1.165) is 86.8 Å². The summed E-state index contributed by atoms with van der Waals surface area (Å²) in [5.74, 6) is 3.03. The second-order valence-electron chi connectivity index (χ2n) is 34.4. The fraction of sp³-hybridized carbons (Fsp3) is 0.654. The van der Waals surface area contributed by atoms with Crippen LogP contribution in [-0.2, 0) is 49.6 Å². The number of carbonyl (C=O) groups is 4. The minimum Gasteiger partial charge on any atom is -0.444 e. The number of hydrogen-bond donors (Lipinski definition) is 4. The van der Waals surface area contributed by atoms with E-state index >= 15 is 0 Å². The van der Waals surface area contributed by atoms with Crippen LogP contribution in [0.25, 0.3) is 4.85 Å². The number of nitrogens with one attached hydrogen (secondary N) is 3. The Morgan fingerprint density at radius 2 is 0.917 bits per heavy atom. The van der Waals surface area contributed by atoms with Crippen LogP contribution in [-0.4, -0.2) is 218 Å². The summed E-state index contributed by atoms with van der Waals surface area (Å²) in [6, 6.07) is 36.7. The van der Waals surface area contributed by atoms with Gasteiger partial charge in [-0.05, 0) is 213 Å². The van der Waals surface area contributed by atoms with E-state index in [1.54, 1.807) is 41.5 Å². The maximum absolute atomic E-state index is 13.4. The molecule has 109 heavy (non-hydrogen) atoms. The van der Waals surface area contributed by atoms with Crippen LogP contribution < -0.4 is 19.9 Å². The van der Waals surface area contributed by atoms with Gasteiger partial charge in [0.15, 0.2) is 6.20 Å². The predicted octanol–water partition coefficient (Wildman–Crippen LogP) is 10.5. The summed E-state index contributed by atoms with van der Waals surface area (Å²) in [6.07, 6.45) is 9.52. The third kappa shape index (κ3) is 24.0. The molecular formula is C78H114N14O14S3. The monoisotopic (exact) mass is 1570 g/mol. The number of ether oxygens (including phenoxy) is 4. The highest BCUT2D eigenvalue weighted by Gasteiger charge is 2.56. The van der Waals surface area contributed by atoms with E-state index in [1.807, 2.05) is 85.1 Å². The van der Waals surface area contributed by atoms with Gasteiger partial charge in [-0.15, -0.1) is 0 Å². The molecule has 3 aromatic carbocycles. The molecule has 0 spiro atoms. The molecule has 3 unspecified atom stereocenters. The predicted molar refractivity (Wildman–Crippen MR) is 413 cm³/mol. The molecule has 3 aliphatic carbocycles. The molecule has 28 nitrogen and oxygen atoms in total. The Morgan fingerprint density at radius 1 is 0.550 bits per heavy atom. The first kappa shape index (κ1) is 85.5. The van der Waals surface area contributed by atoms with Crippen LogP contribution in [0.3, 0.4) is 0 Å². The Labute approximate surface area is 646 Å². The van der Waals surface area contributed by atoms with Gasteiger partial charge in [0.1, 0.15) is 22.4 Å². The number of likely N-dealkylation sites (tertiary alicyclic amines) is 2. The Hall–Kier alpha value is -7.48. The molecule has 9 aliphatic rings. The molecule has 0 bridgehead atoms. The molecule has 0 aromatic heterocycles.